The van der Waals surface area contributed by atoms with E-state index >= 15 is 0 Å². The lowest BCUT2D eigenvalue weighted by Gasteiger charge is -2.21. The van der Waals surface area contributed by atoms with Crippen molar-refractivity contribution in [1.29, 1.82) is 0 Å². The van der Waals surface area contributed by atoms with Gasteiger partial charge in [-0.15, -0.1) is 0 Å². The summed E-state index contributed by atoms with van der Waals surface area (Å²) in [5, 5.41) is 5.22. The monoisotopic (exact) mass is 431 g/mol. The lowest BCUT2D eigenvalue weighted by atomic mass is 9.87. The summed E-state index contributed by atoms with van der Waals surface area (Å²) in [7, 11) is 1.66. The highest BCUT2D eigenvalue weighted by atomic mass is 16.5. The second-order valence-corrected chi connectivity index (χ2v) is 8.85. The molecule has 0 unspecified atom stereocenters. The Labute approximate surface area is 190 Å². The molecule has 3 aromatic rings. The molecule has 0 aliphatic heterocycles. The molecule has 0 aromatic heterocycles. The van der Waals surface area contributed by atoms with Crippen molar-refractivity contribution in [2.24, 2.45) is 5.92 Å². The summed E-state index contributed by atoms with van der Waals surface area (Å²) in [5.74, 6) is 2.23. The number of methoxy groups -OCH3 is 1. The summed E-state index contributed by atoms with van der Waals surface area (Å²) in [5.41, 5.74) is 1.77. The number of rotatable bonds is 8. The molecule has 4 rings (SSSR count). The van der Waals surface area contributed by atoms with Crippen LogP contribution in [-0.4, -0.2) is 19.6 Å². The Bertz CT molecular complexity index is 1040. The average molecular weight is 432 g/mol. The van der Waals surface area contributed by atoms with Crippen molar-refractivity contribution in [3.63, 3.8) is 0 Å². The number of ether oxygens (including phenoxy) is 2. The fourth-order valence-corrected chi connectivity index (χ4v) is 4.49. The Hall–Kier alpha value is -3.01. The minimum absolute atomic E-state index is 0.0242. The number of benzene rings is 3. The molecule has 4 nitrogen and oxygen atoms in total. The van der Waals surface area contributed by atoms with Crippen LogP contribution in [0.15, 0.2) is 60.7 Å². The first kappa shape index (κ1) is 22.2. The molecule has 0 spiro atoms. The predicted molar refractivity (Wildman–Crippen MR) is 131 cm³/mol. The van der Waals surface area contributed by atoms with Crippen molar-refractivity contribution >= 4 is 22.4 Å². The minimum Gasteiger partial charge on any atom is -0.497 e. The van der Waals surface area contributed by atoms with Gasteiger partial charge in [0.2, 0.25) is 5.91 Å². The molecule has 1 aliphatic rings. The van der Waals surface area contributed by atoms with Crippen LogP contribution in [0.1, 0.15) is 56.9 Å². The second kappa shape index (κ2) is 10.5. The predicted octanol–water partition coefficient (Wildman–Crippen LogP) is 6.94. The Balaban J connectivity index is 1.31. The minimum atomic E-state index is -0.257. The first-order valence-electron chi connectivity index (χ1n) is 11.7. The topological polar surface area (TPSA) is 47.6 Å². The number of hydrogen-bond donors (Lipinski definition) is 1. The highest BCUT2D eigenvalue weighted by Gasteiger charge is 2.16. The number of anilines is 1. The summed E-state index contributed by atoms with van der Waals surface area (Å²) in [6, 6.07) is 19.8. The van der Waals surface area contributed by atoms with Gasteiger partial charge in [-0.2, -0.15) is 0 Å². The highest BCUT2D eigenvalue weighted by molar-refractivity contribution is 5.96. The van der Waals surface area contributed by atoms with Crippen molar-refractivity contribution in [2.75, 3.05) is 19.0 Å². The maximum Gasteiger partial charge on any atom is 0.231 e. The summed E-state index contributed by atoms with van der Waals surface area (Å²) in [6.07, 6.45) is 7.94. The molecule has 1 aliphatic carbocycles. The van der Waals surface area contributed by atoms with E-state index in [4.69, 9.17) is 9.47 Å². The molecule has 168 valence electrons. The zero-order valence-corrected chi connectivity index (χ0v) is 19.1. The maximum absolute atomic E-state index is 12.8. The summed E-state index contributed by atoms with van der Waals surface area (Å²) >= 11 is 0. The molecular formula is C28H33NO3. The zero-order valence-electron chi connectivity index (χ0n) is 19.1. The van der Waals surface area contributed by atoms with E-state index in [2.05, 4.69) is 11.4 Å². The van der Waals surface area contributed by atoms with Gasteiger partial charge in [0.05, 0.1) is 19.6 Å². The summed E-state index contributed by atoms with van der Waals surface area (Å²) in [4.78, 5) is 12.8. The lowest BCUT2D eigenvalue weighted by molar-refractivity contribution is -0.117. The van der Waals surface area contributed by atoms with Gasteiger partial charge in [0.15, 0.2) is 0 Å². The van der Waals surface area contributed by atoms with E-state index in [0.717, 1.165) is 52.5 Å². The number of fused-ring (bicyclic) bond motifs is 1. The van der Waals surface area contributed by atoms with Crippen molar-refractivity contribution < 1.29 is 14.3 Å². The van der Waals surface area contributed by atoms with Crippen LogP contribution >= 0.6 is 0 Å². The molecule has 1 amide bonds. The Morgan fingerprint density at radius 1 is 0.938 bits per heavy atom. The van der Waals surface area contributed by atoms with Gasteiger partial charge < -0.3 is 14.8 Å². The van der Waals surface area contributed by atoms with Gasteiger partial charge in [-0.3, -0.25) is 4.79 Å². The number of amides is 1. The van der Waals surface area contributed by atoms with Gasteiger partial charge in [0.1, 0.15) is 11.5 Å². The first-order valence-corrected chi connectivity index (χ1v) is 11.7. The fraction of sp³-hybridized carbons (Fsp3) is 0.393. The molecule has 0 radical (unpaired) electrons. The molecule has 0 saturated heterocycles. The van der Waals surface area contributed by atoms with E-state index in [1.807, 2.05) is 61.5 Å². The van der Waals surface area contributed by atoms with Gasteiger partial charge in [0.25, 0.3) is 0 Å². The molecule has 32 heavy (non-hydrogen) atoms. The molecule has 0 bridgehead atoms. The largest absolute Gasteiger partial charge is 0.497 e. The number of hydrogen-bond acceptors (Lipinski definition) is 3. The molecule has 4 heteroatoms. The molecular weight excluding hydrogens is 398 g/mol. The van der Waals surface area contributed by atoms with Gasteiger partial charge >= 0.3 is 0 Å². The van der Waals surface area contributed by atoms with Gasteiger partial charge in [-0.1, -0.05) is 56.4 Å². The summed E-state index contributed by atoms with van der Waals surface area (Å²) in [6.45, 7) is 2.70. The third-order valence-corrected chi connectivity index (χ3v) is 6.61. The third kappa shape index (κ3) is 5.61. The van der Waals surface area contributed by atoms with Crippen LogP contribution in [0.4, 0.5) is 5.69 Å². The molecule has 1 fully saturated rings. The standard InChI is InChI=1S/C28H33NO3/c1-20(22-8-9-24-19-27(31-2)13-10-23(24)18-22)28(30)29-25-11-14-26(15-12-25)32-17-16-21-6-4-3-5-7-21/h8-15,18-21H,3-7,16-17H2,1-2H3,(H,29,30)/t20-/m0/s1. The van der Waals surface area contributed by atoms with E-state index < -0.39 is 0 Å². The smallest absolute Gasteiger partial charge is 0.231 e. The fourth-order valence-electron chi connectivity index (χ4n) is 4.49. The van der Waals surface area contributed by atoms with E-state index in [1.54, 1.807) is 7.11 Å². The van der Waals surface area contributed by atoms with Crippen LogP contribution in [-0.2, 0) is 4.79 Å². The SMILES string of the molecule is COc1ccc2cc([C@H](C)C(=O)Nc3ccc(OCCC4CCCCC4)cc3)ccc2c1. The van der Waals surface area contributed by atoms with Crippen molar-refractivity contribution in [2.45, 2.75) is 51.4 Å². The van der Waals surface area contributed by atoms with Gasteiger partial charge in [-0.25, -0.2) is 0 Å². The van der Waals surface area contributed by atoms with Crippen molar-refractivity contribution in [3.05, 3.63) is 66.2 Å². The highest BCUT2D eigenvalue weighted by Crippen LogP contribution is 2.28. The number of carbonyl (C=O) groups is 1. The zero-order chi connectivity index (χ0) is 22.3. The first-order chi connectivity index (χ1) is 15.6. The number of nitrogens with one attached hydrogen (secondary N) is 1. The Morgan fingerprint density at radius 2 is 1.62 bits per heavy atom. The number of carbonyl (C=O) groups excluding carboxylic acids is 1. The maximum atomic E-state index is 12.8. The molecule has 1 saturated carbocycles. The molecule has 3 aromatic carbocycles. The van der Waals surface area contributed by atoms with Crippen LogP contribution in [0.25, 0.3) is 10.8 Å². The van der Waals surface area contributed by atoms with Crippen molar-refractivity contribution in [3.8, 4) is 11.5 Å². The van der Waals surface area contributed by atoms with Crippen LogP contribution < -0.4 is 14.8 Å². The van der Waals surface area contributed by atoms with Crippen LogP contribution in [0.3, 0.4) is 0 Å². The normalized spacial score (nSPS) is 15.3. The Morgan fingerprint density at radius 3 is 2.38 bits per heavy atom. The van der Waals surface area contributed by atoms with E-state index in [-0.39, 0.29) is 11.8 Å². The van der Waals surface area contributed by atoms with Crippen molar-refractivity contribution in [1.82, 2.24) is 0 Å². The average Bonchev–Trinajstić information content (AvgIpc) is 2.84. The van der Waals surface area contributed by atoms with Crippen LogP contribution in [0, 0.1) is 5.92 Å². The quantitative estimate of drug-likeness (QED) is 0.420. The molecule has 1 atom stereocenters. The van der Waals surface area contributed by atoms with Gasteiger partial charge in [-0.05, 0) is 72.0 Å². The van der Waals surface area contributed by atoms with E-state index in [9.17, 15) is 4.79 Å². The Kier molecular flexibility index (Phi) is 7.31. The lowest BCUT2D eigenvalue weighted by Crippen LogP contribution is -2.18. The molecule has 1 N–H and O–H groups in total. The van der Waals surface area contributed by atoms with Crippen LogP contribution in [0.5, 0.6) is 11.5 Å². The third-order valence-electron chi connectivity index (χ3n) is 6.61. The van der Waals surface area contributed by atoms with Gasteiger partial charge in [0, 0.05) is 5.69 Å². The second-order valence-electron chi connectivity index (χ2n) is 8.85. The van der Waals surface area contributed by atoms with Crippen LogP contribution in [0.2, 0.25) is 0 Å². The molecule has 0 heterocycles. The summed E-state index contributed by atoms with van der Waals surface area (Å²) < 4.78 is 11.2. The van der Waals surface area contributed by atoms with E-state index in [1.165, 1.54) is 32.1 Å². The van der Waals surface area contributed by atoms with E-state index in [0.29, 0.717) is 0 Å².